The second-order valence-electron chi connectivity index (χ2n) is 6.40. The average Bonchev–Trinajstić information content (AvgIpc) is 2.89. The van der Waals surface area contributed by atoms with Gasteiger partial charge in [0.15, 0.2) is 9.84 Å². The summed E-state index contributed by atoms with van der Waals surface area (Å²) >= 11 is 0. The van der Waals surface area contributed by atoms with E-state index in [4.69, 9.17) is 0 Å². The van der Waals surface area contributed by atoms with Gasteiger partial charge in [-0.3, -0.25) is 9.59 Å². The molecule has 26 heavy (non-hydrogen) atoms. The van der Waals surface area contributed by atoms with Crippen LogP contribution in [-0.2, 0) is 25.8 Å². The summed E-state index contributed by atoms with van der Waals surface area (Å²) in [6.45, 7) is 1.94. The third kappa shape index (κ3) is 3.77. The summed E-state index contributed by atoms with van der Waals surface area (Å²) in [4.78, 5) is 25.4. The molecule has 0 unspecified atom stereocenters. The Hall–Kier alpha value is -2.67. The molecule has 1 heterocycles. The molecule has 0 radical (unpaired) electrons. The highest BCUT2D eigenvalue weighted by Gasteiger charge is 2.26. The Morgan fingerprint density at radius 3 is 2.54 bits per heavy atom. The molecule has 2 aromatic rings. The number of carbonyl (C=O) groups is 2. The molecule has 3 rings (SSSR count). The first kappa shape index (κ1) is 18.1. The molecule has 0 atom stereocenters. The maximum Gasteiger partial charge on any atom is 0.231 e. The van der Waals surface area contributed by atoms with Gasteiger partial charge in [-0.15, -0.1) is 0 Å². The third-order valence-corrected chi connectivity index (χ3v) is 6.13. The van der Waals surface area contributed by atoms with Crippen molar-refractivity contribution in [2.24, 2.45) is 0 Å². The minimum absolute atomic E-state index is 0.0629. The van der Waals surface area contributed by atoms with E-state index in [-0.39, 0.29) is 35.3 Å². The second-order valence-corrected chi connectivity index (χ2v) is 8.51. The third-order valence-electron chi connectivity index (χ3n) is 4.42. The normalized spacial score (nSPS) is 13.6. The van der Waals surface area contributed by atoms with Crippen LogP contribution in [0.5, 0.6) is 0 Å². The summed E-state index contributed by atoms with van der Waals surface area (Å²) in [6, 6.07) is 11.9. The Kier molecular flexibility index (Phi) is 4.82. The molecule has 0 saturated heterocycles. The van der Waals surface area contributed by atoms with E-state index in [1.807, 2.05) is 19.1 Å². The van der Waals surface area contributed by atoms with Crippen LogP contribution in [0.2, 0.25) is 0 Å². The lowest BCUT2D eigenvalue weighted by molar-refractivity contribution is -0.117. The van der Waals surface area contributed by atoms with E-state index in [0.717, 1.165) is 11.3 Å². The van der Waals surface area contributed by atoms with Gasteiger partial charge in [-0.2, -0.15) is 0 Å². The number of likely N-dealkylation sites (N-methyl/N-ethyl adjacent to an activating group) is 1. The van der Waals surface area contributed by atoms with E-state index in [1.165, 1.54) is 17.0 Å². The van der Waals surface area contributed by atoms with Crippen molar-refractivity contribution in [2.75, 3.05) is 23.0 Å². The van der Waals surface area contributed by atoms with E-state index in [0.29, 0.717) is 11.3 Å². The van der Waals surface area contributed by atoms with Crippen molar-refractivity contribution in [1.29, 1.82) is 0 Å². The lowest BCUT2D eigenvalue weighted by atomic mass is 10.2. The minimum Gasteiger partial charge on any atom is -0.326 e. The van der Waals surface area contributed by atoms with Crippen LogP contribution in [0.25, 0.3) is 0 Å². The topological polar surface area (TPSA) is 83.5 Å². The van der Waals surface area contributed by atoms with Crippen molar-refractivity contribution in [2.45, 2.75) is 24.7 Å². The van der Waals surface area contributed by atoms with Gasteiger partial charge in [-0.1, -0.05) is 17.7 Å². The number of nitrogens with one attached hydrogen (secondary N) is 1. The molecule has 6 nitrogen and oxygen atoms in total. The smallest absolute Gasteiger partial charge is 0.231 e. The first-order chi connectivity index (χ1) is 12.3. The zero-order chi connectivity index (χ0) is 18.9. The summed E-state index contributed by atoms with van der Waals surface area (Å²) < 4.78 is 25.0. The molecule has 1 N–H and O–H groups in total. The lowest BCUT2D eigenvalue weighted by Gasteiger charge is -2.11. The Balaban J connectivity index is 1.66. The predicted molar refractivity (Wildman–Crippen MR) is 100 cm³/mol. The summed E-state index contributed by atoms with van der Waals surface area (Å²) in [5.74, 6) is -0.701. The highest BCUT2D eigenvalue weighted by molar-refractivity contribution is 7.91. The predicted octanol–water partition coefficient (Wildman–Crippen LogP) is 2.32. The molecular formula is C19H20N2O4S. The second kappa shape index (κ2) is 6.92. The Morgan fingerprint density at radius 2 is 1.85 bits per heavy atom. The Labute approximate surface area is 152 Å². The largest absolute Gasteiger partial charge is 0.326 e. The minimum atomic E-state index is -3.60. The van der Waals surface area contributed by atoms with Crippen molar-refractivity contribution < 1.29 is 18.0 Å². The number of nitrogens with zero attached hydrogens (tertiary/aromatic N) is 1. The van der Waals surface area contributed by atoms with Gasteiger partial charge in [0.05, 0.1) is 17.1 Å². The number of aryl methyl sites for hydroxylation is 1. The number of amides is 2. The van der Waals surface area contributed by atoms with Crippen LogP contribution in [0.3, 0.4) is 0 Å². The van der Waals surface area contributed by atoms with Crippen LogP contribution in [0.1, 0.15) is 17.5 Å². The van der Waals surface area contributed by atoms with Gasteiger partial charge in [-0.25, -0.2) is 8.42 Å². The number of rotatable bonds is 5. The summed E-state index contributed by atoms with van der Waals surface area (Å²) in [5.41, 5.74) is 3.14. The molecule has 2 aromatic carbocycles. The summed E-state index contributed by atoms with van der Waals surface area (Å²) in [6.07, 6.45) is 0.0647. The molecule has 2 amide bonds. The molecule has 0 bridgehead atoms. The fraction of sp³-hybridized carbons (Fsp3) is 0.263. The molecular weight excluding hydrogens is 352 g/mol. The number of hydrogen-bond donors (Lipinski definition) is 1. The molecule has 0 saturated carbocycles. The van der Waals surface area contributed by atoms with Gasteiger partial charge in [0, 0.05) is 24.8 Å². The van der Waals surface area contributed by atoms with Crippen LogP contribution in [0.4, 0.5) is 11.4 Å². The maximum atomic E-state index is 12.5. The molecule has 0 fully saturated rings. The van der Waals surface area contributed by atoms with E-state index >= 15 is 0 Å². The molecule has 1 aliphatic rings. The fourth-order valence-corrected chi connectivity index (χ4v) is 4.13. The average molecular weight is 372 g/mol. The number of hydrogen-bond acceptors (Lipinski definition) is 4. The molecule has 0 aliphatic carbocycles. The number of sulfone groups is 1. The highest BCUT2D eigenvalue weighted by Crippen LogP contribution is 2.30. The monoisotopic (exact) mass is 372 g/mol. The van der Waals surface area contributed by atoms with E-state index in [2.05, 4.69) is 5.32 Å². The number of carbonyl (C=O) groups excluding carboxylic acids is 2. The molecule has 7 heteroatoms. The van der Waals surface area contributed by atoms with E-state index < -0.39 is 9.84 Å². The Morgan fingerprint density at radius 1 is 1.15 bits per heavy atom. The standard InChI is InChI=1S/C19H20N2O4S/c1-13-3-5-15(6-4-13)20-18(22)9-10-26(24,25)16-7-8-17-14(11-16)12-19(23)21(17)2/h3-8,11H,9-10,12H2,1-2H3,(H,20,22). The van der Waals surface area contributed by atoms with Crippen LogP contribution in [-0.4, -0.2) is 33.0 Å². The quantitative estimate of drug-likeness (QED) is 0.873. The molecule has 0 spiro atoms. The number of anilines is 2. The van der Waals surface area contributed by atoms with E-state index in [9.17, 15) is 18.0 Å². The van der Waals surface area contributed by atoms with Gasteiger partial charge in [-0.05, 0) is 42.8 Å². The molecule has 0 aromatic heterocycles. The summed E-state index contributed by atoms with van der Waals surface area (Å²) in [7, 11) is -1.94. The van der Waals surface area contributed by atoms with Crippen LogP contribution < -0.4 is 10.2 Å². The molecule has 1 aliphatic heterocycles. The fourth-order valence-electron chi connectivity index (χ4n) is 2.85. The number of benzene rings is 2. The first-order valence-corrected chi connectivity index (χ1v) is 9.90. The van der Waals surface area contributed by atoms with Crippen molar-refractivity contribution >= 4 is 33.0 Å². The maximum absolute atomic E-state index is 12.5. The first-order valence-electron chi connectivity index (χ1n) is 8.25. The lowest BCUT2D eigenvalue weighted by Crippen LogP contribution is -2.20. The SMILES string of the molecule is Cc1ccc(NC(=O)CCS(=O)(=O)c2ccc3c(c2)CC(=O)N3C)cc1. The van der Waals surface area contributed by atoms with Gasteiger partial charge in [0.2, 0.25) is 11.8 Å². The molecule has 136 valence electrons. The van der Waals surface area contributed by atoms with Crippen LogP contribution >= 0.6 is 0 Å². The zero-order valence-corrected chi connectivity index (χ0v) is 15.5. The van der Waals surface area contributed by atoms with Gasteiger partial charge < -0.3 is 10.2 Å². The zero-order valence-electron chi connectivity index (χ0n) is 14.7. The van der Waals surface area contributed by atoms with Gasteiger partial charge >= 0.3 is 0 Å². The van der Waals surface area contributed by atoms with Crippen molar-refractivity contribution in [3.8, 4) is 0 Å². The van der Waals surface area contributed by atoms with Gasteiger partial charge in [0.25, 0.3) is 0 Å². The summed E-state index contributed by atoms with van der Waals surface area (Å²) in [5, 5.41) is 2.69. The van der Waals surface area contributed by atoms with Gasteiger partial charge in [0.1, 0.15) is 0 Å². The van der Waals surface area contributed by atoms with Crippen molar-refractivity contribution in [3.63, 3.8) is 0 Å². The van der Waals surface area contributed by atoms with E-state index in [1.54, 1.807) is 25.2 Å². The Bertz CT molecular complexity index is 966. The van der Waals surface area contributed by atoms with Crippen LogP contribution in [0, 0.1) is 6.92 Å². The number of fused-ring (bicyclic) bond motifs is 1. The van der Waals surface area contributed by atoms with Crippen LogP contribution in [0.15, 0.2) is 47.4 Å². The van der Waals surface area contributed by atoms with Crippen molar-refractivity contribution in [1.82, 2.24) is 0 Å². The van der Waals surface area contributed by atoms with Crippen molar-refractivity contribution in [3.05, 3.63) is 53.6 Å². The highest BCUT2D eigenvalue weighted by atomic mass is 32.2.